The highest BCUT2D eigenvalue weighted by Crippen LogP contribution is 2.29. The topological polar surface area (TPSA) is 64.1 Å². The minimum atomic E-state index is -0.0687. The van der Waals surface area contributed by atoms with E-state index in [9.17, 15) is 4.79 Å². The molecule has 0 radical (unpaired) electrons. The van der Waals surface area contributed by atoms with Crippen molar-refractivity contribution < 1.29 is 9.53 Å². The van der Waals surface area contributed by atoms with Gasteiger partial charge in [-0.2, -0.15) is 0 Å². The van der Waals surface area contributed by atoms with Crippen LogP contribution in [0.5, 0.6) is 5.75 Å². The number of benzene rings is 1. The number of anilines is 1. The van der Waals surface area contributed by atoms with Gasteiger partial charge in [0.25, 0.3) is 0 Å². The van der Waals surface area contributed by atoms with Crippen LogP contribution in [0.25, 0.3) is 10.2 Å². The molecule has 0 saturated heterocycles. The molecule has 0 spiro atoms. The molecule has 2 aromatic heterocycles. The van der Waals surface area contributed by atoms with Gasteiger partial charge >= 0.3 is 0 Å². The zero-order valence-corrected chi connectivity index (χ0v) is 14.8. The van der Waals surface area contributed by atoms with Gasteiger partial charge in [-0.1, -0.05) is 11.3 Å². The first kappa shape index (κ1) is 15.9. The van der Waals surface area contributed by atoms with Crippen molar-refractivity contribution in [1.82, 2.24) is 9.97 Å². The van der Waals surface area contributed by atoms with E-state index in [0.717, 1.165) is 31.5 Å². The number of ether oxygens (including phenoxy) is 1. The van der Waals surface area contributed by atoms with Crippen LogP contribution in [-0.2, 0) is 11.2 Å². The first-order valence-corrected chi connectivity index (χ1v) is 8.94. The summed E-state index contributed by atoms with van der Waals surface area (Å²) >= 11 is 3.01. The molecule has 0 atom stereocenters. The molecule has 5 nitrogen and oxygen atoms in total. The number of rotatable bonds is 5. The molecule has 3 aromatic rings. The van der Waals surface area contributed by atoms with Crippen molar-refractivity contribution in [2.24, 2.45) is 0 Å². The number of hydrogen-bond donors (Lipinski definition) is 1. The minimum absolute atomic E-state index is 0.0687. The van der Waals surface area contributed by atoms with Gasteiger partial charge in [-0.3, -0.25) is 4.79 Å². The number of fused-ring (bicyclic) bond motifs is 1. The first-order valence-electron chi connectivity index (χ1n) is 7.31. The molecule has 7 heteroatoms. The third-order valence-electron chi connectivity index (χ3n) is 3.24. The average Bonchev–Trinajstić information content (AvgIpc) is 3.01. The van der Waals surface area contributed by atoms with E-state index < -0.39 is 0 Å². The Hall–Kier alpha value is -1.99. The predicted molar refractivity (Wildman–Crippen MR) is 94.7 cm³/mol. The first-order chi connectivity index (χ1) is 11.0. The maximum atomic E-state index is 12.2. The Labute approximate surface area is 142 Å². The van der Waals surface area contributed by atoms with Crippen molar-refractivity contribution >= 4 is 43.9 Å². The van der Waals surface area contributed by atoms with Crippen LogP contribution < -0.4 is 10.1 Å². The van der Waals surface area contributed by atoms with Gasteiger partial charge in [0.15, 0.2) is 5.13 Å². The number of hydrogen-bond acceptors (Lipinski definition) is 6. The van der Waals surface area contributed by atoms with E-state index in [1.807, 2.05) is 39.0 Å². The van der Waals surface area contributed by atoms with E-state index in [4.69, 9.17) is 4.74 Å². The van der Waals surface area contributed by atoms with Crippen LogP contribution in [0.4, 0.5) is 5.13 Å². The fourth-order valence-corrected chi connectivity index (χ4v) is 4.11. The Morgan fingerprint density at radius 3 is 2.78 bits per heavy atom. The van der Waals surface area contributed by atoms with Crippen LogP contribution in [-0.4, -0.2) is 22.5 Å². The monoisotopic (exact) mass is 347 g/mol. The summed E-state index contributed by atoms with van der Waals surface area (Å²) < 4.78 is 6.48. The maximum absolute atomic E-state index is 12.2. The van der Waals surface area contributed by atoms with Gasteiger partial charge in [-0.25, -0.2) is 9.97 Å². The van der Waals surface area contributed by atoms with Crippen LogP contribution in [0.1, 0.15) is 22.5 Å². The van der Waals surface area contributed by atoms with Crippen molar-refractivity contribution in [1.29, 1.82) is 0 Å². The predicted octanol–water partition coefficient (Wildman–Crippen LogP) is 3.95. The summed E-state index contributed by atoms with van der Waals surface area (Å²) in [6.07, 6.45) is 0.331. The van der Waals surface area contributed by atoms with E-state index >= 15 is 0 Å². The fourth-order valence-electron chi connectivity index (χ4n) is 2.26. The van der Waals surface area contributed by atoms with Crippen molar-refractivity contribution in [2.45, 2.75) is 27.2 Å². The molecule has 120 valence electrons. The summed E-state index contributed by atoms with van der Waals surface area (Å²) in [5.74, 6) is 0.748. The van der Waals surface area contributed by atoms with Gasteiger partial charge in [-0.05, 0) is 39.0 Å². The minimum Gasteiger partial charge on any atom is -0.494 e. The normalized spacial score (nSPS) is 10.9. The Bertz CT molecular complexity index is 854. The second kappa shape index (κ2) is 6.64. The zero-order chi connectivity index (χ0) is 16.4. The SMILES string of the molecule is CCOc1ccc2nc(NC(=O)Cc3sc(C)nc3C)sc2c1. The largest absolute Gasteiger partial charge is 0.494 e. The molecule has 0 aliphatic rings. The number of carbonyl (C=O) groups is 1. The Morgan fingerprint density at radius 2 is 2.09 bits per heavy atom. The van der Waals surface area contributed by atoms with Crippen molar-refractivity contribution in [2.75, 3.05) is 11.9 Å². The lowest BCUT2D eigenvalue weighted by molar-refractivity contribution is -0.115. The number of nitrogens with zero attached hydrogens (tertiary/aromatic N) is 2. The zero-order valence-electron chi connectivity index (χ0n) is 13.2. The summed E-state index contributed by atoms with van der Waals surface area (Å²) in [6, 6.07) is 5.74. The number of amides is 1. The van der Waals surface area contributed by atoms with E-state index in [1.165, 1.54) is 11.3 Å². The second-order valence-electron chi connectivity index (χ2n) is 5.05. The van der Waals surface area contributed by atoms with E-state index in [1.54, 1.807) is 11.3 Å². The molecule has 0 bridgehead atoms. The molecule has 1 aromatic carbocycles. The van der Waals surface area contributed by atoms with Crippen LogP contribution >= 0.6 is 22.7 Å². The van der Waals surface area contributed by atoms with Crippen molar-refractivity contribution in [3.8, 4) is 5.75 Å². The van der Waals surface area contributed by atoms with Crippen molar-refractivity contribution in [3.63, 3.8) is 0 Å². The number of thiazole rings is 2. The second-order valence-corrected chi connectivity index (χ2v) is 7.37. The smallest absolute Gasteiger partial charge is 0.231 e. The summed E-state index contributed by atoms with van der Waals surface area (Å²) in [5.41, 5.74) is 1.78. The molecule has 0 unspecified atom stereocenters. The van der Waals surface area contributed by atoms with Crippen molar-refractivity contribution in [3.05, 3.63) is 33.8 Å². The molecule has 0 saturated carbocycles. The molecule has 0 aliphatic heterocycles. The van der Waals surface area contributed by atoms with Gasteiger partial charge in [0, 0.05) is 4.88 Å². The Balaban J connectivity index is 1.73. The Kier molecular flexibility index (Phi) is 4.58. The lowest BCUT2D eigenvalue weighted by atomic mass is 10.3. The van der Waals surface area contributed by atoms with Crippen LogP contribution in [0.2, 0.25) is 0 Å². The molecule has 2 heterocycles. The molecule has 0 aliphatic carbocycles. The quantitative estimate of drug-likeness (QED) is 0.759. The number of carbonyl (C=O) groups excluding carboxylic acids is 1. The van der Waals surface area contributed by atoms with Gasteiger partial charge in [0.1, 0.15) is 5.75 Å². The standard InChI is InChI=1S/C16H17N3O2S2/c1-4-21-11-5-6-12-14(7-11)23-16(18-12)19-15(20)8-13-9(2)17-10(3)22-13/h5-7H,4,8H2,1-3H3,(H,18,19,20). The highest BCUT2D eigenvalue weighted by molar-refractivity contribution is 7.22. The summed E-state index contributed by atoms with van der Waals surface area (Å²) in [6.45, 7) is 6.45. The van der Waals surface area contributed by atoms with E-state index in [0.29, 0.717) is 18.2 Å². The van der Waals surface area contributed by atoms with Crippen LogP contribution in [0.15, 0.2) is 18.2 Å². The maximum Gasteiger partial charge on any atom is 0.231 e. The number of aromatic nitrogens is 2. The number of nitrogens with one attached hydrogen (secondary N) is 1. The number of aryl methyl sites for hydroxylation is 2. The summed E-state index contributed by atoms with van der Waals surface area (Å²) in [7, 11) is 0. The fraction of sp³-hybridized carbons (Fsp3) is 0.312. The van der Waals surface area contributed by atoms with Gasteiger partial charge in [0.05, 0.1) is 33.9 Å². The molecule has 1 amide bonds. The van der Waals surface area contributed by atoms with Crippen LogP contribution in [0, 0.1) is 13.8 Å². The molecular weight excluding hydrogens is 330 g/mol. The molecule has 23 heavy (non-hydrogen) atoms. The molecule has 1 N–H and O–H groups in total. The molecule has 3 rings (SSSR count). The van der Waals surface area contributed by atoms with E-state index in [2.05, 4.69) is 15.3 Å². The lowest BCUT2D eigenvalue weighted by Crippen LogP contribution is -2.13. The van der Waals surface area contributed by atoms with Gasteiger partial charge in [0.2, 0.25) is 5.91 Å². The van der Waals surface area contributed by atoms with Crippen LogP contribution in [0.3, 0.4) is 0 Å². The third kappa shape index (κ3) is 3.68. The van der Waals surface area contributed by atoms with E-state index in [-0.39, 0.29) is 5.91 Å². The summed E-state index contributed by atoms with van der Waals surface area (Å²) in [5, 5.41) is 4.46. The summed E-state index contributed by atoms with van der Waals surface area (Å²) in [4.78, 5) is 22.0. The third-order valence-corrected chi connectivity index (χ3v) is 5.24. The average molecular weight is 347 g/mol. The van der Waals surface area contributed by atoms with Gasteiger partial charge < -0.3 is 10.1 Å². The van der Waals surface area contributed by atoms with Gasteiger partial charge in [-0.15, -0.1) is 11.3 Å². The molecule has 0 fully saturated rings. The molecular formula is C16H17N3O2S2. The highest BCUT2D eigenvalue weighted by Gasteiger charge is 2.13. The lowest BCUT2D eigenvalue weighted by Gasteiger charge is -2.00. The Morgan fingerprint density at radius 1 is 1.26 bits per heavy atom. The highest BCUT2D eigenvalue weighted by atomic mass is 32.1.